The molecule has 7 nitrogen and oxygen atoms in total. The number of ether oxygens (including phenoxy) is 3. The quantitative estimate of drug-likeness (QED) is 0.656. The van der Waals surface area contributed by atoms with E-state index >= 15 is 0 Å². The van der Waals surface area contributed by atoms with E-state index in [2.05, 4.69) is 22.4 Å². The molecular weight excluding hydrogens is 262 g/mol. The smallest absolute Gasteiger partial charge is 0.233 e. The third-order valence-corrected chi connectivity index (χ3v) is 3.25. The Morgan fingerprint density at radius 1 is 1.30 bits per heavy atom. The Labute approximate surface area is 119 Å². The van der Waals surface area contributed by atoms with Gasteiger partial charge in [0.2, 0.25) is 5.89 Å². The van der Waals surface area contributed by atoms with Gasteiger partial charge in [-0.25, -0.2) is 0 Å². The van der Waals surface area contributed by atoms with Gasteiger partial charge in [-0.05, 0) is 6.54 Å². The molecule has 2 rings (SSSR count). The van der Waals surface area contributed by atoms with Crippen LogP contribution in [0.3, 0.4) is 0 Å². The SMILES string of the molecule is CCNC1COCC1c1nc(CCOCCOC)no1. The van der Waals surface area contributed by atoms with E-state index in [4.69, 9.17) is 18.7 Å². The molecule has 1 fully saturated rings. The predicted octanol–water partition coefficient (Wildman–Crippen LogP) is 0.367. The van der Waals surface area contributed by atoms with Crippen molar-refractivity contribution < 1.29 is 18.7 Å². The molecule has 7 heteroatoms. The van der Waals surface area contributed by atoms with Gasteiger partial charge in [0.15, 0.2) is 5.82 Å². The van der Waals surface area contributed by atoms with E-state index in [1.807, 2.05) is 0 Å². The van der Waals surface area contributed by atoms with Crippen LogP contribution in [0.1, 0.15) is 24.6 Å². The van der Waals surface area contributed by atoms with E-state index in [-0.39, 0.29) is 12.0 Å². The van der Waals surface area contributed by atoms with Crippen LogP contribution >= 0.6 is 0 Å². The normalized spacial score (nSPS) is 22.5. The van der Waals surface area contributed by atoms with Gasteiger partial charge in [-0.2, -0.15) is 4.98 Å². The first-order chi connectivity index (χ1) is 9.85. The lowest BCUT2D eigenvalue weighted by Gasteiger charge is -2.13. The molecule has 2 heterocycles. The van der Waals surface area contributed by atoms with Gasteiger partial charge in [0.05, 0.1) is 39.0 Å². The van der Waals surface area contributed by atoms with Crippen LogP contribution in [0.2, 0.25) is 0 Å². The van der Waals surface area contributed by atoms with Crippen LogP contribution in [-0.2, 0) is 20.6 Å². The van der Waals surface area contributed by atoms with Gasteiger partial charge >= 0.3 is 0 Å². The Morgan fingerprint density at radius 2 is 2.20 bits per heavy atom. The Morgan fingerprint density at radius 3 is 3.00 bits per heavy atom. The topological polar surface area (TPSA) is 78.6 Å². The van der Waals surface area contributed by atoms with Gasteiger partial charge in [-0.1, -0.05) is 12.1 Å². The minimum Gasteiger partial charge on any atom is -0.382 e. The highest BCUT2D eigenvalue weighted by molar-refractivity contribution is 5.02. The fraction of sp³-hybridized carbons (Fsp3) is 0.846. The zero-order valence-electron chi connectivity index (χ0n) is 12.1. The minimum atomic E-state index is 0.144. The number of hydrogen-bond donors (Lipinski definition) is 1. The van der Waals surface area contributed by atoms with E-state index in [0.717, 1.165) is 6.54 Å². The number of nitrogens with one attached hydrogen (secondary N) is 1. The van der Waals surface area contributed by atoms with Crippen molar-refractivity contribution >= 4 is 0 Å². The summed E-state index contributed by atoms with van der Waals surface area (Å²) in [5.41, 5.74) is 0. The van der Waals surface area contributed by atoms with Crippen molar-refractivity contribution in [2.24, 2.45) is 0 Å². The van der Waals surface area contributed by atoms with Gasteiger partial charge in [0, 0.05) is 19.6 Å². The molecule has 1 aliphatic rings. The molecule has 0 saturated carbocycles. The predicted molar refractivity (Wildman–Crippen MR) is 71.7 cm³/mol. The second kappa shape index (κ2) is 8.31. The van der Waals surface area contributed by atoms with Gasteiger partial charge in [0.1, 0.15) is 0 Å². The highest BCUT2D eigenvalue weighted by atomic mass is 16.5. The molecule has 114 valence electrons. The largest absolute Gasteiger partial charge is 0.382 e. The van der Waals surface area contributed by atoms with Crippen molar-refractivity contribution in [3.8, 4) is 0 Å². The van der Waals surface area contributed by atoms with Crippen molar-refractivity contribution in [1.29, 1.82) is 0 Å². The number of likely N-dealkylation sites (N-methyl/N-ethyl adjacent to an activating group) is 1. The summed E-state index contributed by atoms with van der Waals surface area (Å²) in [4.78, 5) is 4.43. The number of methoxy groups -OCH3 is 1. The molecule has 2 unspecified atom stereocenters. The van der Waals surface area contributed by atoms with Gasteiger partial charge in [0.25, 0.3) is 0 Å². The molecule has 0 aliphatic carbocycles. The average molecular weight is 285 g/mol. The Hall–Kier alpha value is -1.02. The summed E-state index contributed by atoms with van der Waals surface area (Å²) < 4.78 is 21.1. The van der Waals surface area contributed by atoms with E-state index in [9.17, 15) is 0 Å². The lowest BCUT2D eigenvalue weighted by molar-refractivity contribution is 0.0714. The van der Waals surface area contributed by atoms with Crippen LogP contribution in [0, 0.1) is 0 Å². The van der Waals surface area contributed by atoms with Crippen molar-refractivity contribution in [2.45, 2.75) is 25.3 Å². The first kappa shape index (κ1) is 15.4. The van der Waals surface area contributed by atoms with Crippen molar-refractivity contribution in [3.05, 3.63) is 11.7 Å². The van der Waals surface area contributed by atoms with Crippen molar-refractivity contribution in [2.75, 3.05) is 46.7 Å². The lowest BCUT2D eigenvalue weighted by Crippen LogP contribution is -2.34. The molecule has 0 amide bonds. The molecule has 0 bridgehead atoms. The second-order valence-corrected chi connectivity index (χ2v) is 4.71. The number of rotatable bonds is 9. The van der Waals surface area contributed by atoms with Crippen LogP contribution < -0.4 is 5.32 Å². The van der Waals surface area contributed by atoms with Crippen molar-refractivity contribution in [1.82, 2.24) is 15.5 Å². The van der Waals surface area contributed by atoms with Crippen LogP contribution in [0.5, 0.6) is 0 Å². The molecule has 1 aliphatic heterocycles. The number of aromatic nitrogens is 2. The van der Waals surface area contributed by atoms with Crippen LogP contribution in [0.4, 0.5) is 0 Å². The third kappa shape index (κ3) is 4.24. The summed E-state index contributed by atoms with van der Waals surface area (Å²) in [6.45, 7) is 6.05. The third-order valence-electron chi connectivity index (χ3n) is 3.25. The maximum absolute atomic E-state index is 5.48. The first-order valence-electron chi connectivity index (χ1n) is 7.05. The molecule has 2 atom stereocenters. The maximum atomic E-state index is 5.48. The fourth-order valence-electron chi connectivity index (χ4n) is 2.19. The standard InChI is InChI=1S/C13H23N3O4/c1-3-14-11-9-19-8-10(11)13-15-12(16-20-13)4-5-18-7-6-17-2/h10-11,14H,3-9H2,1-2H3. The molecular formula is C13H23N3O4. The fourth-order valence-corrected chi connectivity index (χ4v) is 2.19. The summed E-state index contributed by atoms with van der Waals surface area (Å²) in [5.74, 6) is 1.48. The summed E-state index contributed by atoms with van der Waals surface area (Å²) >= 11 is 0. The molecule has 0 spiro atoms. The van der Waals surface area contributed by atoms with Crippen LogP contribution in [0.15, 0.2) is 4.52 Å². The highest BCUT2D eigenvalue weighted by Crippen LogP contribution is 2.24. The molecule has 1 aromatic rings. The summed E-state index contributed by atoms with van der Waals surface area (Å²) in [6, 6.07) is 0.256. The highest BCUT2D eigenvalue weighted by Gasteiger charge is 2.33. The summed E-state index contributed by atoms with van der Waals surface area (Å²) in [7, 11) is 1.65. The summed E-state index contributed by atoms with van der Waals surface area (Å²) in [5, 5.41) is 7.37. The van der Waals surface area contributed by atoms with Gasteiger partial charge in [-0.15, -0.1) is 0 Å². The van der Waals surface area contributed by atoms with E-state index in [1.165, 1.54) is 0 Å². The molecule has 1 aromatic heterocycles. The molecule has 0 aromatic carbocycles. The Balaban J connectivity index is 1.79. The Bertz CT molecular complexity index is 385. The number of nitrogens with zero attached hydrogens (tertiary/aromatic N) is 2. The monoisotopic (exact) mass is 285 g/mol. The molecule has 0 radical (unpaired) electrons. The first-order valence-corrected chi connectivity index (χ1v) is 7.05. The average Bonchev–Trinajstić information content (AvgIpc) is 3.08. The lowest BCUT2D eigenvalue weighted by atomic mass is 10.0. The molecule has 1 N–H and O–H groups in total. The van der Waals surface area contributed by atoms with E-state index in [0.29, 0.717) is 51.2 Å². The van der Waals surface area contributed by atoms with E-state index < -0.39 is 0 Å². The second-order valence-electron chi connectivity index (χ2n) is 4.71. The Kier molecular flexibility index (Phi) is 6.38. The zero-order chi connectivity index (χ0) is 14.2. The zero-order valence-corrected chi connectivity index (χ0v) is 12.1. The van der Waals surface area contributed by atoms with Gasteiger partial charge in [-0.3, -0.25) is 0 Å². The minimum absolute atomic E-state index is 0.144. The van der Waals surface area contributed by atoms with E-state index in [1.54, 1.807) is 7.11 Å². The van der Waals surface area contributed by atoms with Crippen molar-refractivity contribution in [3.63, 3.8) is 0 Å². The maximum Gasteiger partial charge on any atom is 0.233 e. The van der Waals surface area contributed by atoms with Gasteiger partial charge < -0.3 is 24.1 Å². The molecule has 1 saturated heterocycles. The summed E-state index contributed by atoms with van der Waals surface area (Å²) in [6.07, 6.45) is 0.646. The number of hydrogen-bond acceptors (Lipinski definition) is 7. The van der Waals surface area contributed by atoms with Crippen LogP contribution in [-0.4, -0.2) is 62.9 Å². The van der Waals surface area contributed by atoms with Crippen LogP contribution in [0.25, 0.3) is 0 Å². The molecule has 20 heavy (non-hydrogen) atoms.